The highest BCUT2D eigenvalue weighted by atomic mass is 16.6. The van der Waals surface area contributed by atoms with Crippen LogP contribution in [0.1, 0.15) is 6.92 Å². The van der Waals surface area contributed by atoms with Crippen molar-refractivity contribution in [2.45, 2.75) is 30.8 Å². The monoisotopic (exact) mass is 250 g/mol. The molecule has 0 bridgehead atoms. The average molecular weight is 250 g/mol. The minimum absolute atomic E-state index is 0.153. The van der Waals surface area contributed by atoms with E-state index in [-0.39, 0.29) is 19.8 Å². The molecule has 5 atom stereocenters. The molecule has 1 fully saturated rings. The Morgan fingerprint density at radius 3 is 2.29 bits per heavy atom. The highest BCUT2D eigenvalue weighted by Crippen LogP contribution is 2.33. The Labute approximate surface area is 101 Å². The van der Waals surface area contributed by atoms with E-state index in [0.717, 1.165) is 0 Å². The maximum Gasteiger partial charge on any atom is 0.116 e. The van der Waals surface area contributed by atoms with Crippen LogP contribution in [0.4, 0.5) is 0 Å². The van der Waals surface area contributed by atoms with Gasteiger partial charge in [0.25, 0.3) is 0 Å². The lowest BCUT2D eigenvalue weighted by Crippen LogP contribution is -2.64. The highest BCUT2D eigenvalue weighted by molar-refractivity contribution is 5.00. The van der Waals surface area contributed by atoms with Crippen LogP contribution in [0.5, 0.6) is 0 Å². The molecule has 17 heavy (non-hydrogen) atoms. The van der Waals surface area contributed by atoms with E-state index in [1.807, 2.05) is 0 Å². The molecule has 6 heteroatoms. The van der Waals surface area contributed by atoms with Gasteiger partial charge in [-0.15, -0.1) is 0 Å². The van der Waals surface area contributed by atoms with Crippen molar-refractivity contribution in [3.8, 4) is 0 Å². The maximum absolute atomic E-state index is 10.3. The van der Waals surface area contributed by atoms with Gasteiger partial charge in [-0.1, -0.05) is 0 Å². The van der Waals surface area contributed by atoms with Crippen molar-refractivity contribution < 1.29 is 29.5 Å². The molecule has 1 aliphatic heterocycles. The molecular formula is C11H22O6. The van der Waals surface area contributed by atoms with Crippen molar-refractivity contribution in [2.24, 2.45) is 5.92 Å². The van der Waals surface area contributed by atoms with Gasteiger partial charge in [-0.2, -0.15) is 0 Å². The van der Waals surface area contributed by atoms with Crippen molar-refractivity contribution in [1.82, 2.24) is 0 Å². The number of hydrogen-bond acceptors (Lipinski definition) is 6. The third-order valence-corrected chi connectivity index (χ3v) is 3.33. The van der Waals surface area contributed by atoms with Gasteiger partial charge in [0.1, 0.15) is 11.7 Å². The fourth-order valence-corrected chi connectivity index (χ4v) is 2.21. The molecule has 102 valence electrons. The predicted octanol–water partition coefficient (Wildman–Crippen LogP) is -1.23. The Kier molecular flexibility index (Phi) is 5.30. The van der Waals surface area contributed by atoms with Gasteiger partial charge in [0, 0.05) is 20.1 Å². The number of aliphatic hydroxyl groups is 3. The fourth-order valence-electron chi connectivity index (χ4n) is 2.21. The summed E-state index contributed by atoms with van der Waals surface area (Å²) in [5.74, 6) is -0.465. The summed E-state index contributed by atoms with van der Waals surface area (Å²) in [6.45, 7) is 1.63. The van der Waals surface area contributed by atoms with Crippen molar-refractivity contribution in [2.75, 3.05) is 34.0 Å². The molecule has 3 N–H and O–H groups in total. The van der Waals surface area contributed by atoms with Crippen molar-refractivity contribution in [3.63, 3.8) is 0 Å². The van der Waals surface area contributed by atoms with E-state index in [2.05, 4.69) is 0 Å². The smallest absolute Gasteiger partial charge is 0.116 e. The number of rotatable bonds is 5. The zero-order valence-corrected chi connectivity index (χ0v) is 10.5. The second kappa shape index (κ2) is 6.08. The first-order chi connectivity index (χ1) is 7.98. The Balaban J connectivity index is 2.85. The molecule has 1 rings (SSSR count). The molecule has 0 radical (unpaired) electrons. The van der Waals surface area contributed by atoms with Crippen molar-refractivity contribution >= 4 is 0 Å². The zero-order valence-electron chi connectivity index (χ0n) is 10.5. The molecule has 0 amide bonds. The van der Waals surface area contributed by atoms with E-state index in [1.54, 1.807) is 0 Å². The Morgan fingerprint density at radius 2 is 1.82 bits per heavy atom. The molecule has 0 aromatic rings. The normalized spacial score (nSPS) is 42.7. The van der Waals surface area contributed by atoms with E-state index >= 15 is 0 Å². The third kappa shape index (κ3) is 2.96. The van der Waals surface area contributed by atoms with Gasteiger partial charge in [0.05, 0.1) is 32.0 Å². The Morgan fingerprint density at radius 1 is 1.24 bits per heavy atom. The Bertz CT molecular complexity index is 232. The molecular weight excluding hydrogens is 228 g/mol. The van der Waals surface area contributed by atoms with Crippen molar-refractivity contribution in [1.29, 1.82) is 0 Å². The summed E-state index contributed by atoms with van der Waals surface area (Å²) < 4.78 is 15.5. The van der Waals surface area contributed by atoms with E-state index in [1.165, 1.54) is 21.1 Å². The van der Waals surface area contributed by atoms with Crippen LogP contribution in [0.15, 0.2) is 0 Å². The summed E-state index contributed by atoms with van der Waals surface area (Å²) in [5, 5.41) is 29.6. The molecule has 1 saturated heterocycles. The number of methoxy groups -OCH3 is 2. The van der Waals surface area contributed by atoms with E-state index in [4.69, 9.17) is 14.2 Å². The molecule has 0 saturated carbocycles. The van der Waals surface area contributed by atoms with Gasteiger partial charge in [0.15, 0.2) is 0 Å². The summed E-state index contributed by atoms with van der Waals surface area (Å²) in [6, 6.07) is 0. The maximum atomic E-state index is 10.3. The van der Waals surface area contributed by atoms with Gasteiger partial charge < -0.3 is 29.5 Å². The van der Waals surface area contributed by atoms with Crippen LogP contribution in [0.25, 0.3) is 0 Å². The number of ether oxygens (including phenoxy) is 3. The molecule has 1 heterocycles. The number of aliphatic hydroxyl groups excluding tert-OH is 2. The molecule has 0 aliphatic carbocycles. The lowest BCUT2D eigenvalue weighted by atomic mass is 9.79. The van der Waals surface area contributed by atoms with E-state index < -0.39 is 29.8 Å². The van der Waals surface area contributed by atoms with Crippen LogP contribution in [-0.2, 0) is 14.2 Å². The van der Waals surface area contributed by atoms with E-state index in [0.29, 0.717) is 0 Å². The third-order valence-electron chi connectivity index (χ3n) is 3.33. The van der Waals surface area contributed by atoms with Gasteiger partial charge >= 0.3 is 0 Å². The highest BCUT2D eigenvalue weighted by Gasteiger charge is 2.51. The summed E-state index contributed by atoms with van der Waals surface area (Å²) in [5.41, 5.74) is -1.43. The second-order valence-electron chi connectivity index (χ2n) is 4.59. The summed E-state index contributed by atoms with van der Waals surface area (Å²) >= 11 is 0. The fraction of sp³-hybridized carbons (Fsp3) is 1.00. The summed E-state index contributed by atoms with van der Waals surface area (Å²) in [4.78, 5) is 0. The van der Waals surface area contributed by atoms with Crippen molar-refractivity contribution in [3.05, 3.63) is 0 Å². The lowest BCUT2D eigenvalue weighted by Gasteiger charge is -2.48. The summed E-state index contributed by atoms with van der Waals surface area (Å²) in [7, 11) is 2.98. The van der Waals surface area contributed by atoms with Crippen LogP contribution in [-0.4, -0.2) is 73.3 Å². The van der Waals surface area contributed by atoms with Crippen LogP contribution in [0, 0.1) is 5.92 Å². The molecule has 6 nitrogen and oxygen atoms in total. The minimum Gasteiger partial charge on any atom is -0.394 e. The molecule has 0 spiro atoms. The molecule has 1 aliphatic rings. The minimum atomic E-state index is -1.43. The van der Waals surface area contributed by atoms with Crippen LogP contribution in [0.2, 0.25) is 0 Å². The standard InChI is InChI=1S/C11H22O6/c1-11(14)9(6-16-3)17-8(4-12)7(5-15-2)10(11)13/h7-10,12-14H,4-6H2,1-3H3. The van der Waals surface area contributed by atoms with Gasteiger partial charge in [-0.05, 0) is 6.92 Å². The molecule has 5 unspecified atom stereocenters. The first-order valence-electron chi connectivity index (χ1n) is 5.63. The van der Waals surface area contributed by atoms with Crippen LogP contribution >= 0.6 is 0 Å². The van der Waals surface area contributed by atoms with Gasteiger partial charge in [-0.25, -0.2) is 0 Å². The second-order valence-corrected chi connectivity index (χ2v) is 4.59. The van der Waals surface area contributed by atoms with Crippen LogP contribution in [0.3, 0.4) is 0 Å². The molecule has 0 aromatic heterocycles. The van der Waals surface area contributed by atoms with Gasteiger partial charge in [0.2, 0.25) is 0 Å². The lowest BCUT2D eigenvalue weighted by molar-refractivity contribution is -0.266. The largest absolute Gasteiger partial charge is 0.394 e. The zero-order chi connectivity index (χ0) is 13.1. The van der Waals surface area contributed by atoms with Gasteiger partial charge in [-0.3, -0.25) is 0 Å². The molecule has 0 aromatic carbocycles. The summed E-state index contributed by atoms with van der Waals surface area (Å²) in [6.07, 6.45) is -2.27. The first-order valence-corrected chi connectivity index (χ1v) is 5.63. The Hall–Kier alpha value is -0.240. The predicted molar refractivity (Wildman–Crippen MR) is 59.6 cm³/mol. The first kappa shape index (κ1) is 14.8. The van der Waals surface area contributed by atoms with Crippen LogP contribution < -0.4 is 0 Å². The SMILES string of the molecule is COCC1C(CO)OC(COC)C(C)(O)C1O. The quantitative estimate of drug-likeness (QED) is 0.566. The number of hydrogen-bond donors (Lipinski definition) is 3. The topological polar surface area (TPSA) is 88.4 Å². The average Bonchev–Trinajstić information content (AvgIpc) is 2.29. The van der Waals surface area contributed by atoms with E-state index in [9.17, 15) is 15.3 Å².